The monoisotopic (exact) mass is 308 g/mol. The van der Waals surface area contributed by atoms with Gasteiger partial charge in [-0.2, -0.15) is 0 Å². The third-order valence-electron chi connectivity index (χ3n) is 3.03. The lowest BCUT2D eigenvalue weighted by molar-refractivity contribution is 0.494. The van der Waals surface area contributed by atoms with Crippen LogP contribution in [0.3, 0.4) is 0 Å². The van der Waals surface area contributed by atoms with E-state index in [0.717, 1.165) is 28.8 Å². The van der Waals surface area contributed by atoms with Gasteiger partial charge in [-0.05, 0) is 41.2 Å². The molecule has 1 N–H and O–H groups in total. The van der Waals surface area contributed by atoms with Crippen LogP contribution in [0.1, 0.15) is 30.0 Å². The van der Waals surface area contributed by atoms with Gasteiger partial charge in [0.2, 0.25) is 0 Å². The molecular formula is C14H17BrN2O. The number of furan rings is 1. The van der Waals surface area contributed by atoms with Gasteiger partial charge in [0.05, 0.1) is 6.26 Å². The highest BCUT2D eigenvalue weighted by Crippen LogP contribution is 2.23. The molecule has 0 saturated heterocycles. The molecule has 2 aromatic heterocycles. The molecule has 96 valence electrons. The molecule has 0 aliphatic rings. The van der Waals surface area contributed by atoms with E-state index in [1.165, 1.54) is 5.56 Å². The van der Waals surface area contributed by atoms with Gasteiger partial charge in [-0.1, -0.05) is 6.92 Å². The second kappa shape index (κ2) is 6.16. The second-order valence-corrected chi connectivity index (χ2v) is 5.08. The maximum atomic E-state index is 5.49. The van der Waals surface area contributed by atoms with E-state index in [2.05, 4.69) is 33.2 Å². The molecule has 0 fully saturated rings. The number of pyridine rings is 1. The van der Waals surface area contributed by atoms with Gasteiger partial charge in [0.15, 0.2) is 0 Å². The highest BCUT2D eigenvalue weighted by atomic mass is 79.9. The fourth-order valence-corrected chi connectivity index (χ4v) is 2.29. The number of halogens is 1. The van der Waals surface area contributed by atoms with Crippen LogP contribution in [0.5, 0.6) is 0 Å². The predicted octanol–water partition coefficient (Wildman–Crippen LogP) is 3.50. The first kappa shape index (κ1) is 13.3. The van der Waals surface area contributed by atoms with Crippen molar-refractivity contribution in [1.29, 1.82) is 0 Å². The fourth-order valence-electron chi connectivity index (χ4n) is 2.05. The summed E-state index contributed by atoms with van der Waals surface area (Å²) >= 11 is 3.40. The molecule has 2 aromatic rings. The molecule has 3 nitrogen and oxygen atoms in total. The Morgan fingerprint density at radius 1 is 1.39 bits per heavy atom. The molecule has 0 amide bonds. The quantitative estimate of drug-likeness (QED) is 0.918. The number of aryl methyl sites for hydroxylation is 1. The van der Waals surface area contributed by atoms with Gasteiger partial charge in [-0.15, -0.1) is 0 Å². The number of likely N-dealkylation sites (N-methyl/N-ethyl adjacent to an activating group) is 1. The normalized spacial score (nSPS) is 12.6. The van der Waals surface area contributed by atoms with Crippen molar-refractivity contribution in [1.82, 2.24) is 10.3 Å². The third-order valence-corrected chi connectivity index (χ3v) is 3.50. The minimum absolute atomic E-state index is 0.243. The first-order chi connectivity index (χ1) is 8.74. The highest BCUT2D eigenvalue weighted by molar-refractivity contribution is 9.10. The summed E-state index contributed by atoms with van der Waals surface area (Å²) in [4.78, 5) is 4.41. The molecule has 0 aliphatic heterocycles. The standard InChI is InChI=1S/C14H17BrN2O/c1-3-14-12(6-7-18-14)13(16-2)8-11-5-4-10(15)9-17-11/h4-7,9,13,16H,3,8H2,1-2H3. The number of hydrogen-bond acceptors (Lipinski definition) is 3. The largest absolute Gasteiger partial charge is 0.469 e. The third kappa shape index (κ3) is 3.00. The second-order valence-electron chi connectivity index (χ2n) is 4.17. The lowest BCUT2D eigenvalue weighted by Gasteiger charge is -2.15. The summed E-state index contributed by atoms with van der Waals surface area (Å²) in [6, 6.07) is 6.34. The average molecular weight is 309 g/mol. The molecule has 1 unspecified atom stereocenters. The number of nitrogens with zero attached hydrogens (tertiary/aromatic N) is 1. The summed E-state index contributed by atoms with van der Waals surface area (Å²) in [5, 5.41) is 3.33. The lowest BCUT2D eigenvalue weighted by atomic mass is 10.0. The molecule has 18 heavy (non-hydrogen) atoms. The van der Waals surface area contributed by atoms with Crippen LogP contribution < -0.4 is 5.32 Å². The Morgan fingerprint density at radius 3 is 2.83 bits per heavy atom. The number of hydrogen-bond donors (Lipinski definition) is 1. The summed E-state index contributed by atoms with van der Waals surface area (Å²) in [5.74, 6) is 1.05. The minimum atomic E-state index is 0.243. The molecule has 4 heteroatoms. The zero-order valence-electron chi connectivity index (χ0n) is 10.6. The van der Waals surface area contributed by atoms with Crippen molar-refractivity contribution >= 4 is 15.9 Å². The Labute approximate surface area is 116 Å². The van der Waals surface area contributed by atoms with Crippen LogP contribution in [0.25, 0.3) is 0 Å². The Balaban J connectivity index is 2.17. The maximum Gasteiger partial charge on any atom is 0.108 e. The summed E-state index contributed by atoms with van der Waals surface area (Å²) in [6.07, 6.45) is 5.36. The summed E-state index contributed by atoms with van der Waals surface area (Å²) < 4.78 is 6.49. The van der Waals surface area contributed by atoms with Gasteiger partial charge in [0.25, 0.3) is 0 Å². The van der Waals surface area contributed by atoms with Gasteiger partial charge in [-0.25, -0.2) is 0 Å². The van der Waals surface area contributed by atoms with Crippen molar-refractivity contribution in [2.75, 3.05) is 7.05 Å². The molecule has 0 saturated carbocycles. The molecule has 0 aromatic carbocycles. The summed E-state index contributed by atoms with van der Waals surface area (Å²) in [5.41, 5.74) is 2.30. The molecular weight excluding hydrogens is 292 g/mol. The fraction of sp³-hybridized carbons (Fsp3) is 0.357. The van der Waals surface area contributed by atoms with E-state index in [1.807, 2.05) is 31.4 Å². The smallest absolute Gasteiger partial charge is 0.108 e. The molecule has 0 radical (unpaired) electrons. The Kier molecular flexibility index (Phi) is 4.55. The zero-order chi connectivity index (χ0) is 13.0. The van der Waals surface area contributed by atoms with Crippen molar-refractivity contribution < 1.29 is 4.42 Å². The lowest BCUT2D eigenvalue weighted by Crippen LogP contribution is -2.19. The van der Waals surface area contributed by atoms with Crippen LogP contribution in [-0.4, -0.2) is 12.0 Å². The van der Waals surface area contributed by atoms with Crippen molar-refractivity contribution in [3.05, 3.63) is 52.1 Å². The average Bonchev–Trinajstić information content (AvgIpc) is 2.86. The van der Waals surface area contributed by atoms with Gasteiger partial charge < -0.3 is 9.73 Å². The number of nitrogens with one attached hydrogen (secondary N) is 1. The van der Waals surface area contributed by atoms with Gasteiger partial charge in [0, 0.05) is 40.8 Å². The highest BCUT2D eigenvalue weighted by Gasteiger charge is 2.16. The first-order valence-electron chi connectivity index (χ1n) is 6.08. The van der Waals surface area contributed by atoms with E-state index >= 15 is 0 Å². The minimum Gasteiger partial charge on any atom is -0.469 e. The molecule has 2 rings (SSSR count). The van der Waals surface area contributed by atoms with Crippen molar-refractivity contribution in [3.8, 4) is 0 Å². The van der Waals surface area contributed by atoms with Crippen LogP contribution >= 0.6 is 15.9 Å². The van der Waals surface area contributed by atoms with Crippen molar-refractivity contribution in [2.45, 2.75) is 25.8 Å². The Hall–Kier alpha value is -1.13. The van der Waals surface area contributed by atoms with Crippen LogP contribution in [0.15, 0.2) is 39.5 Å². The molecule has 0 spiro atoms. The van der Waals surface area contributed by atoms with Crippen LogP contribution in [-0.2, 0) is 12.8 Å². The van der Waals surface area contributed by atoms with E-state index in [4.69, 9.17) is 4.42 Å². The number of rotatable bonds is 5. The van der Waals surface area contributed by atoms with Gasteiger partial charge in [-0.3, -0.25) is 4.98 Å². The van der Waals surface area contributed by atoms with Crippen molar-refractivity contribution in [2.24, 2.45) is 0 Å². The molecule has 1 atom stereocenters. The predicted molar refractivity (Wildman–Crippen MR) is 75.5 cm³/mol. The Bertz CT molecular complexity index is 493. The van der Waals surface area contributed by atoms with Crippen LogP contribution in [0.4, 0.5) is 0 Å². The first-order valence-corrected chi connectivity index (χ1v) is 6.87. The topological polar surface area (TPSA) is 38.1 Å². The van der Waals surface area contributed by atoms with E-state index in [-0.39, 0.29) is 6.04 Å². The van der Waals surface area contributed by atoms with Gasteiger partial charge >= 0.3 is 0 Å². The molecule has 0 aliphatic carbocycles. The van der Waals surface area contributed by atoms with E-state index in [1.54, 1.807) is 6.26 Å². The summed E-state index contributed by atoms with van der Waals surface area (Å²) in [6.45, 7) is 2.10. The molecule has 2 heterocycles. The van der Waals surface area contributed by atoms with E-state index in [9.17, 15) is 0 Å². The Morgan fingerprint density at radius 2 is 2.22 bits per heavy atom. The van der Waals surface area contributed by atoms with Crippen LogP contribution in [0, 0.1) is 0 Å². The maximum absolute atomic E-state index is 5.49. The summed E-state index contributed by atoms with van der Waals surface area (Å²) in [7, 11) is 1.97. The SMILES string of the molecule is CCc1occc1C(Cc1ccc(Br)cn1)NC. The van der Waals surface area contributed by atoms with Gasteiger partial charge in [0.1, 0.15) is 5.76 Å². The van der Waals surface area contributed by atoms with Crippen LogP contribution in [0.2, 0.25) is 0 Å². The van der Waals surface area contributed by atoms with E-state index < -0.39 is 0 Å². The zero-order valence-corrected chi connectivity index (χ0v) is 12.2. The number of aromatic nitrogens is 1. The van der Waals surface area contributed by atoms with Crippen molar-refractivity contribution in [3.63, 3.8) is 0 Å². The van der Waals surface area contributed by atoms with E-state index in [0.29, 0.717) is 0 Å². The molecule has 0 bridgehead atoms.